The number of fused-ring (bicyclic) bond motifs is 2. The van der Waals surface area contributed by atoms with E-state index in [0.29, 0.717) is 16.9 Å². The zero-order valence-corrected chi connectivity index (χ0v) is 42.7. The Morgan fingerprint density at radius 3 is 1.96 bits per heavy atom. The third kappa shape index (κ3) is 15.6. The fourth-order valence-electron chi connectivity index (χ4n) is 9.31. The molecule has 0 aliphatic carbocycles. The van der Waals surface area contributed by atoms with Crippen LogP contribution in [0.15, 0.2) is 78.9 Å². The van der Waals surface area contributed by atoms with Crippen LogP contribution >= 0.6 is 0 Å². The van der Waals surface area contributed by atoms with Crippen LogP contribution in [0.1, 0.15) is 56.7 Å². The smallest absolute Gasteiger partial charge is 0.408 e. The van der Waals surface area contributed by atoms with Gasteiger partial charge in [-0.25, -0.2) is 4.79 Å². The number of carbonyl (C=O) groups excluding carboxylic acids is 8. The fraction of sp³-hybridized carbons (Fsp3) is 0.500. The number of carbonyl (C=O) groups is 8. The molecule has 3 aromatic rings. The van der Waals surface area contributed by atoms with Crippen molar-refractivity contribution in [1.82, 2.24) is 36.4 Å². The van der Waals surface area contributed by atoms with Gasteiger partial charge in [-0.05, 0) is 42.7 Å². The van der Waals surface area contributed by atoms with Crippen molar-refractivity contribution in [1.29, 1.82) is 0 Å². The maximum atomic E-state index is 14.7. The predicted molar refractivity (Wildman–Crippen MR) is 269 cm³/mol. The first-order valence-electron chi connectivity index (χ1n) is 25.2. The Morgan fingerprint density at radius 1 is 0.701 bits per heavy atom. The number of hydrogen-bond donors (Lipinski definition) is 12. The third-order valence-corrected chi connectivity index (χ3v) is 13.3. The van der Waals surface area contributed by atoms with Crippen molar-refractivity contribution in [2.75, 3.05) is 26.2 Å². The maximum Gasteiger partial charge on any atom is 0.408 e. The van der Waals surface area contributed by atoms with E-state index in [4.69, 9.17) is 19.9 Å². The summed E-state index contributed by atoms with van der Waals surface area (Å²) in [5.74, 6) is -8.42. The number of nitrogens with one attached hydrogen (secondary N) is 5. The zero-order chi connectivity index (χ0) is 56.1. The molecule has 0 aromatic heterocycles. The highest BCUT2D eigenvalue weighted by Gasteiger charge is 2.50. The SMILES string of the molecule is CCOc1cc(C[C@@H](O)[C@@H]2NC(=O)[C@@H]3C[C@@H](O)CN3C(=O)[C@H]([C@@H](C)O)NC(=O)[C@@H](NC(=O)OCc3ccccc3)C[C@@H](O)CNC(=O)[C@@H]3[C@@H](O)[C@@H](C)CN3C(=O)[C@H]([C@H](O)CC(N)=O)NC2=O)ccc1OCc1ccccc1. The van der Waals surface area contributed by atoms with Crippen molar-refractivity contribution in [3.8, 4) is 11.5 Å². The topological polar surface area (TPSA) is 378 Å². The van der Waals surface area contributed by atoms with Gasteiger partial charge in [0.1, 0.15) is 49.5 Å². The molecule has 3 heterocycles. The highest BCUT2D eigenvalue weighted by molar-refractivity contribution is 5.98. The minimum atomic E-state index is -2.15. The molecule has 0 radical (unpaired) electrons. The van der Waals surface area contributed by atoms with Crippen molar-refractivity contribution < 1.29 is 83.2 Å². The Bertz CT molecular complexity index is 2560. The number of rotatable bonds is 15. The number of primary amides is 1. The monoisotopic (exact) mass is 1080 g/mol. The van der Waals surface area contributed by atoms with Crippen molar-refractivity contribution in [2.24, 2.45) is 11.7 Å². The zero-order valence-electron chi connectivity index (χ0n) is 42.7. The van der Waals surface area contributed by atoms with E-state index in [2.05, 4.69) is 26.6 Å². The van der Waals surface area contributed by atoms with Crippen LogP contribution in [0.3, 0.4) is 0 Å². The number of alkyl carbamates (subject to hydrolysis) is 1. The van der Waals surface area contributed by atoms with Crippen molar-refractivity contribution >= 4 is 47.4 Å². The number of aliphatic hydroxyl groups is 6. The van der Waals surface area contributed by atoms with Crippen LogP contribution in [0.25, 0.3) is 0 Å². The van der Waals surface area contributed by atoms with E-state index >= 15 is 0 Å². The molecule has 8 amide bonds. The summed E-state index contributed by atoms with van der Waals surface area (Å²) in [4.78, 5) is 113. The average Bonchev–Trinajstić information content (AvgIpc) is 3.95. The van der Waals surface area contributed by atoms with Gasteiger partial charge in [0.15, 0.2) is 11.5 Å². The summed E-state index contributed by atoms with van der Waals surface area (Å²) in [6, 6.07) is 11.1. The number of ether oxygens (including phenoxy) is 3. The van der Waals surface area contributed by atoms with Crippen molar-refractivity contribution in [3.05, 3.63) is 95.6 Å². The number of hydrogen-bond acceptors (Lipinski definition) is 17. The van der Waals surface area contributed by atoms with Crippen LogP contribution in [-0.2, 0) is 57.9 Å². The van der Waals surface area contributed by atoms with Crippen LogP contribution in [0, 0.1) is 5.92 Å². The molecular weight excluding hydrogens is 1010 g/mol. The van der Waals surface area contributed by atoms with E-state index in [-0.39, 0.29) is 32.1 Å². The van der Waals surface area contributed by atoms with Gasteiger partial charge in [0, 0.05) is 44.8 Å². The first kappa shape index (κ1) is 58.8. The first-order chi connectivity index (χ1) is 36.6. The minimum absolute atomic E-state index is 0.173. The van der Waals surface area contributed by atoms with Gasteiger partial charge in [-0.2, -0.15) is 0 Å². The van der Waals surface area contributed by atoms with Gasteiger partial charge in [0.25, 0.3) is 0 Å². The lowest BCUT2D eigenvalue weighted by Crippen LogP contribution is -2.64. The van der Waals surface area contributed by atoms with Gasteiger partial charge < -0.3 is 87.0 Å². The van der Waals surface area contributed by atoms with Crippen LogP contribution < -0.4 is 41.8 Å². The summed E-state index contributed by atoms with van der Waals surface area (Å²) in [7, 11) is 0. The second-order valence-corrected chi connectivity index (χ2v) is 19.4. The molecule has 3 aromatic carbocycles. The van der Waals surface area contributed by atoms with E-state index in [0.717, 1.165) is 22.3 Å². The van der Waals surface area contributed by atoms with Crippen molar-refractivity contribution in [2.45, 2.75) is 133 Å². The summed E-state index contributed by atoms with van der Waals surface area (Å²) in [6.45, 7) is 2.89. The Labute approximate surface area is 443 Å². The highest BCUT2D eigenvalue weighted by atomic mass is 16.5. The van der Waals surface area contributed by atoms with Crippen molar-refractivity contribution in [3.63, 3.8) is 0 Å². The lowest BCUT2D eigenvalue weighted by molar-refractivity contribution is -0.147. The second kappa shape index (κ2) is 27.1. The number of benzene rings is 3. The van der Waals surface area contributed by atoms with Crippen LogP contribution in [0.5, 0.6) is 11.5 Å². The maximum absolute atomic E-state index is 14.7. The lowest BCUT2D eigenvalue weighted by atomic mass is 9.98. The molecule has 0 unspecified atom stereocenters. The molecule has 6 rings (SSSR count). The van der Waals surface area contributed by atoms with Gasteiger partial charge in [-0.1, -0.05) is 73.7 Å². The summed E-state index contributed by atoms with van der Waals surface area (Å²) in [5.41, 5.74) is 7.19. The number of nitrogens with two attached hydrogens (primary N) is 1. The highest BCUT2D eigenvalue weighted by Crippen LogP contribution is 2.31. The van der Waals surface area contributed by atoms with Crippen LogP contribution in [0.2, 0.25) is 0 Å². The molecule has 3 aliphatic heterocycles. The van der Waals surface area contributed by atoms with E-state index in [9.17, 15) is 69.0 Å². The Kier molecular flexibility index (Phi) is 20.7. The number of nitrogens with zero attached hydrogens (tertiary/aromatic N) is 2. The van der Waals surface area contributed by atoms with E-state index in [1.807, 2.05) is 30.3 Å². The summed E-state index contributed by atoms with van der Waals surface area (Å²) >= 11 is 0. The van der Waals surface area contributed by atoms with E-state index in [1.54, 1.807) is 49.4 Å². The molecule has 0 bridgehead atoms. The van der Waals surface area contributed by atoms with Gasteiger partial charge in [0.2, 0.25) is 41.4 Å². The summed E-state index contributed by atoms with van der Waals surface area (Å²) < 4.78 is 17.2. The van der Waals surface area contributed by atoms with E-state index in [1.165, 1.54) is 13.0 Å². The first-order valence-corrected chi connectivity index (χ1v) is 25.2. The van der Waals surface area contributed by atoms with Crippen LogP contribution in [0.4, 0.5) is 4.79 Å². The summed E-state index contributed by atoms with van der Waals surface area (Å²) in [5, 5.41) is 79.7. The standard InChI is InChI=1S/C52H68N8O17/c1-4-75-39-18-31(15-16-38(39)76-25-29-11-7-5-8-12-29)17-36(64)42-48(70)58-43(37(65)21-40(53)66)51(73)60-23-27(2)45(67)44(60)49(71)54-22-32(62)19-34(55-52(74)77-26-30-13-9-6-10-14-30)46(68)56-41(28(3)61)50(72)59-24-33(63)20-35(59)47(69)57-42/h5-16,18,27-28,32-37,41-45,61-65,67H,4,17,19-26H2,1-3H3,(H2,53,66)(H,54,71)(H,55,74)(H,56,68)(H,57,69)(H,58,70)/t27-,28+,32+,33+,34-,35-,36+,37+,41-,42-,43-,44-,45-/m0/s1. The van der Waals surface area contributed by atoms with Gasteiger partial charge in [-0.3, -0.25) is 33.6 Å². The molecule has 418 valence electrons. The number of aliphatic hydroxyl groups excluding tert-OH is 6. The summed E-state index contributed by atoms with van der Waals surface area (Å²) in [6.07, 6.45) is -14.1. The van der Waals surface area contributed by atoms with Gasteiger partial charge in [0.05, 0.1) is 49.7 Å². The molecule has 25 nitrogen and oxygen atoms in total. The van der Waals surface area contributed by atoms with E-state index < -0.39 is 165 Å². The van der Waals surface area contributed by atoms with Gasteiger partial charge >= 0.3 is 6.09 Å². The molecule has 3 aliphatic rings. The minimum Gasteiger partial charge on any atom is -0.490 e. The number of amides is 8. The molecule has 0 saturated carbocycles. The normalized spacial score (nSPS) is 27.0. The molecule has 3 fully saturated rings. The predicted octanol–water partition coefficient (Wildman–Crippen LogP) is -3.02. The molecular formula is C52H68N8O17. The average molecular weight is 1080 g/mol. The molecule has 0 spiro atoms. The molecule has 77 heavy (non-hydrogen) atoms. The fourth-order valence-corrected chi connectivity index (χ4v) is 9.31. The third-order valence-electron chi connectivity index (χ3n) is 13.3. The Balaban J connectivity index is 1.38. The lowest BCUT2D eigenvalue weighted by Gasteiger charge is -2.33. The second-order valence-electron chi connectivity index (χ2n) is 19.4. The molecule has 25 heteroatoms. The molecule has 13 atom stereocenters. The Hall–Kier alpha value is -7.42. The quantitative estimate of drug-likeness (QED) is 0.0721. The number of β-amino-alcohol motifs (C(OH)–C–C–N with tert-alkyl or cyclic N) is 1. The Morgan fingerprint density at radius 2 is 1.32 bits per heavy atom. The van der Waals surface area contributed by atoms with Crippen LogP contribution in [-0.4, -0.2) is 187 Å². The molecule has 13 N–H and O–H groups in total. The van der Waals surface area contributed by atoms with Gasteiger partial charge in [-0.15, -0.1) is 0 Å². The molecule has 3 saturated heterocycles. The largest absolute Gasteiger partial charge is 0.490 e.